The molecule has 24 heavy (non-hydrogen) atoms. The summed E-state index contributed by atoms with van der Waals surface area (Å²) in [5.74, 6) is 0.287. The summed E-state index contributed by atoms with van der Waals surface area (Å²) in [7, 11) is 0. The molecule has 0 unspecified atom stereocenters. The lowest BCUT2D eigenvalue weighted by molar-refractivity contribution is -0.131. The first-order chi connectivity index (χ1) is 11.4. The SMILES string of the molecule is CC(=O)N(CC(=O)N1CCCCCC1)c1c(C)cccc1C(C)C. The molecule has 4 nitrogen and oxygen atoms in total. The van der Waals surface area contributed by atoms with Crippen LogP contribution in [0.4, 0.5) is 5.69 Å². The third-order valence-electron chi connectivity index (χ3n) is 4.79. The number of anilines is 1. The molecule has 0 saturated carbocycles. The fraction of sp³-hybridized carbons (Fsp3) is 0.600. The van der Waals surface area contributed by atoms with Gasteiger partial charge in [0.15, 0.2) is 0 Å². The average Bonchev–Trinajstić information content (AvgIpc) is 2.81. The number of likely N-dealkylation sites (tertiary alicyclic amines) is 1. The standard InChI is InChI=1S/C20H30N2O2/c1-15(2)18-11-9-10-16(3)20(18)22(17(4)23)14-19(24)21-12-7-5-6-8-13-21/h9-11,15H,5-8,12-14H2,1-4H3. The van der Waals surface area contributed by atoms with E-state index in [4.69, 9.17) is 0 Å². The first-order valence-corrected chi connectivity index (χ1v) is 9.07. The zero-order valence-corrected chi connectivity index (χ0v) is 15.5. The van der Waals surface area contributed by atoms with Crippen LogP contribution in [-0.4, -0.2) is 36.3 Å². The monoisotopic (exact) mass is 330 g/mol. The number of benzene rings is 1. The molecular weight excluding hydrogens is 300 g/mol. The van der Waals surface area contributed by atoms with E-state index in [2.05, 4.69) is 19.9 Å². The molecule has 0 atom stereocenters. The van der Waals surface area contributed by atoms with Crippen molar-refractivity contribution in [3.63, 3.8) is 0 Å². The Kier molecular flexibility index (Phi) is 6.41. The van der Waals surface area contributed by atoms with Crippen LogP contribution in [0, 0.1) is 6.92 Å². The van der Waals surface area contributed by atoms with E-state index in [0.29, 0.717) is 5.92 Å². The second kappa shape index (κ2) is 8.32. The minimum absolute atomic E-state index is 0.0602. The lowest BCUT2D eigenvalue weighted by Gasteiger charge is -2.29. The van der Waals surface area contributed by atoms with Crippen molar-refractivity contribution in [3.05, 3.63) is 29.3 Å². The van der Waals surface area contributed by atoms with Crippen molar-refractivity contribution in [2.45, 2.75) is 59.3 Å². The highest BCUT2D eigenvalue weighted by atomic mass is 16.2. The summed E-state index contributed by atoms with van der Waals surface area (Å²) in [5.41, 5.74) is 3.07. The maximum atomic E-state index is 12.8. The summed E-state index contributed by atoms with van der Waals surface area (Å²) in [6.07, 6.45) is 4.51. The molecule has 4 heteroatoms. The molecule has 1 aromatic rings. The second-order valence-corrected chi connectivity index (χ2v) is 7.07. The van der Waals surface area contributed by atoms with Gasteiger partial charge < -0.3 is 9.80 Å². The van der Waals surface area contributed by atoms with Gasteiger partial charge in [0.2, 0.25) is 11.8 Å². The highest BCUT2D eigenvalue weighted by Crippen LogP contribution is 2.31. The minimum Gasteiger partial charge on any atom is -0.341 e. The highest BCUT2D eigenvalue weighted by Gasteiger charge is 2.24. The summed E-state index contributed by atoms with van der Waals surface area (Å²) in [4.78, 5) is 28.7. The van der Waals surface area contributed by atoms with E-state index in [9.17, 15) is 9.59 Å². The van der Waals surface area contributed by atoms with Crippen LogP contribution in [0.15, 0.2) is 18.2 Å². The normalized spacial score (nSPS) is 15.3. The van der Waals surface area contributed by atoms with E-state index in [1.807, 2.05) is 24.0 Å². The van der Waals surface area contributed by atoms with E-state index in [1.165, 1.54) is 12.8 Å². The third kappa shape index (κ3) is 4.37. The van der Waals surface area contributed by atoms with Gasteiger partial charge in [-0.1, -0.05) is 44.9 Å². The summed E-state index contributed by atoms with van der Waals surface area (Å²) in [6, 6.07) is 6.08. The minimum atomic E-state index is -0.0747. The van der Waals surface area contributed by atoms with Gasteiger partial charge in [-0.3, -0.25) is 9.59 Å². The molecule has 1 aliphatic rings. The Morgan fingerprint density at radius 1 is 1.12 bits per heavy atom. The second-order valence-electron chi connectivity index (χ2n) is 7.07. The van der Waals surface area contributed by atoms with Crippen LogP contribution in [0.1, 0.15) is 63.5 Å². The lowest BCUT2D eigenvalue weighted by Crippen LogP contribution is -2.43. The van der Waals surface area contributed by atoms with Gasteiger partial charge in [0.25, 0.3) is 0 Å². The third-order valence-corrected chi connectivity index (χ3v) is 4.79. The number of amides is 2. The molecule has 0 radical (unpaired) electrons. The Hall–Kier alpha value is -1.84. The van der Waals surface area contributed by atoms with Crippen LogP contribution >= 0.6 is 0 Å². The number of para-hydroxylation sites is 1. The molecule has 2 amide bonds. The maximum Gasteiger partial charge on any atom is 0.242 e. The van der Waals surface area contributed by atoms with Crippen molar-refractivity contribution < 1.29 is 9.59 Å². The molecule has 1 aliphatic heterocycles. The van der Waals surface area contributed by atoms with Crippen molar-refractivity contribution in [3.8, 4) is 0 Å². The zero-order chi connectivity index (χ0) is 17.7. The van der Waals surface area contributed by atoms with E-state index in [0.717, 1.165) is 42.7 Å². The largest absolute Gasteiger partial charge is 0.341 e. The van der Waals surface area contributed by atoms with E-state index in [-0.39, 0.29) is 18.4 Å². The molecule has 1 heterocycles. The molecule has 1 fully saturated rings. The molecule has 2 rings (SSSR count). The van der Waals surface area contributed by atoms with E-state index in [1.54, 1.807) is 11.8 Å². The molecule has 0 N–H and O–H groups in total. The van der Waals surface area contributed by atoms with Gasteiger partial charge in [0, 0.05) is 20.0 Å². The van der Waals surface area contributed by atoms with Crippen LogP contribution in [0.5, 0.6) is 0 Å². The van der Waals surface area contributed by atoms with Crippen molar-refractivity contribution in [1.82, 2.24) is 4.90 Å². The lowest BCUT2D eigenvalue weighted by atomic mass is 9.97. The maximum absolute atomic E-state index is 12.8. The van der Waals surface area contributed by atoms with Crippen molar-refractivity contribution in [2.24, 2.45) is 0 Å². The molecule has 0 spiro atoms. The number of carbonyl (C=O) groups is 2. The Labute approximate surface area is 145 Å². The van der Waals surface area contributed by atoms with Gasteiger partial charge in [-0.2, -0.15) is 0 Å². The van der Waals surface area contributed by atoms with Crippen LogP contribution in [0.3, 0.4) is 0 Å². The number of hydrogen-bond donors (Lipinski definition) is 0. The van der Waals surface area contributed by atoms with Gasteiger partial charge >= 0.3 is 0 Å². The molecule has 132 valence electrons. The van der Waals surface area contributed by atoms with Gasteiger partial charge in [0.05, 0.1) is 5.69 Å². The van der Waals surface area contributed by atoms with Crippen LogP contribution in [0.2, 0.25) is 0 Å². The zero-order valence-electron chi connectivity index (χ0n) is 15.5. The van der Waals surface area contributed by atoms with Crippen LogP contribution in [-0.2, 0) is 9.59 Å². The van der Waals surface area contributed by atoms with Gasteiger partial charge in [-0.15, -0.1) is 0 Å². The highest BCUT2D eigenvalue weighted by molar-refractivity contribution is 5.98. The predicted octanol–water partition coefficient (Wildman–Crippen LogP) is 3.87. The first-order valence-electron chi connectivity index (χ1n) is 9.07. The number of rotatable bonds is 4. The van der Waals surface area contributed by atoms with Crippen molar-refractivity contribution >= 4 is 17.5 Å². The van der Waals surface area contributed by atoms with Crippen molar-refractivity contribution in [1.29, 1.82) is 0 Å². The number of nitrogens with zero attached hydrogens (tertiary/aromatic N) is 2. The number of aryl methyl sites for hydroxylation is 1. The smallest absolute Gasteiger partial charge is 0.242 e. The topological polar surface area (TPSA) is 40.6 Å². The summed E-state index contributed by atoms with van der Waals surface area (Å²) in [5, 5.41) is 0. The molecule has 0 aromatic heterocycles. The number of carbonyl (C=O) groups excluding carboxylic acids is 2. The van der Waals surface area contributed by atoms with Gasteiger partial charge in [-0.05, 0) is 36.8 Å². The average molecular weight is 330 g/mol. The van der Waals surface area contributed by atoms with Gasteiger partial charge in [-0.25, -0.2) is 0 Å². The summed E-state index contributed by atoms with van der Waals surface area (Å²) in [6.45, 7) is 9.56. The quantitative estimate of drug-likeness (QED) is 0.841. The molecule has 0 aliphatic carbocycles. The first kappa shape index (κ1) is 18.5. The predicted molar refractivity (Wildman–Crippen MR) is 98.3 cm³/mol. The molecule has 1 saturated heterocycles. The Balaban J connectivity index is 2.27. The summed E-state index contributed by atoms with van der Waals surface area (Å²) >= 11 is 0. The molecule has 1 aromatic carbocycles. The fourth-order valence-electron chi connectivity index (χ4n) is 3.42. The van der Waals surface area contributed by atoms with Crippen molar-refractivity contribution in [2.75, 3.05) is 24.5 Å². The molecular formula is C20H30N2O2. The Bertz CT molecular complexity index is 587. The Morgan fingerprint density at radius 2 is 1.75 bits per heavy atom. The van der Waals surface area contributed by atoms with Crippen LogP contribution < -0.4 is 4.90 Å². The Morgan fingerprint density at radius 3 is 2.29 bits per heavy atom. The fourth-order valence-corrected chi connectivity index (χ4v) is 3.42. The van der Waals surface area contributed by atoms with Gasteiger partial charge in [0.1, 0.15) is 6.54 Å². The number of hydrogen-bond acceptors (Lipinski definition) is 2. The van der Waals surface area contributed by atoms with Crippen LogP contribution in [0.25, 0.3) is 0 Å². The van der Waals surface area contributed by atoms with E-state index >= 15 is 0 Å². The molecule has 0 bridgehead atoms. The van der Waals surface area contributed by atoms with E-state index < -0.39 is 0 Å². The summed E-state index contributed by atoms with van der Waals surface area (Å²) < 4.78 is 0.